The van der Waals surface area contributed by atoms with E-state index in [-0.39, 0.29) is 24.4 Å². The van der Waals surface area contributed by atoms with Gasteiger partial charge in [0.1, 0.15) is 6.54 Å². The first-order valence-corrected chi connectivity index (χ1v) is 9.76. The molecule has 0 aliphatic carbocycles. The minimum Gasteiger partial charge on any atom is -0.307 e. The zero-order chi connectivity index (χ0) is 19.6. The third kappa shape index (κ3) is 3.61. The zero-order valence-corrected chi connectivity index (χ0v) is 16.7. The Hall–Kier alpha value is -2.62. The fourth-order valence-electron chi connectivity index (χ4n) is 4.07. The topological polar surface area (TPSA) is 40.6 Å². The Bertz CT molecular complexity index is 837. The number of anilines is 2. The lowest BCUT2D eigenvalue weighted by atomic mass is 10.0. The largest absolute Gasteiger partial charge is 0.307 e. The van der Waals surface area contributed by atoms with Gasteiger partial charge < -0.3 is 9.80 Å². The Morgan fingerprint density at radius 1 is 1.04 bits per heavy atom. The molecule has 142 valence electrons. The highest BCUT2D eigenvalue weighted by molar-refractivity contribution is 6.05. The first-order chi connectivity index (χ1) is 13.0. The van der Waals surface area contributed by atoms with Crippen LogP contribution in [0.4, 0.5) is 11.4 Å². The van der Waals surface area contributed by atoms with E-state index in [1.54, 1.807) is 11.8 Å². The average Bonchev–Trinajstić information content (AvgIpc) is 3.00. The van der Waals surface area contributed by atoms with Crippen LogP contribution in [0.5, 0.6) is 0 Å². The van der Waals surface area contributed by atoms with Crippen LogP contribution in [0, 0.1) is 0 Å². The van der Waals surface area contributed by atoms with Crippen molar-refractivity contribution in [2.24, 2.45) is 0 Å². The molecule has 1 unspecified atom stereocenters. The van der Waals surface area contributed by atoms with Crippen LogP contribution in [0.25, 0.3) is 0 Å². The van der Waals surface area contributed by atoms with Crippen molar-refractivity contribution in [3.63, 3.8) is 0 Å². The van der Waals surface area contributed by atoms with Crippen LogP contribution in [0.2, 0.25) is 0 Å². The number of hydrogen-bond acceptors (Lipinski definition) is 2. The third-order valence-corrected chi connectivity index (χ3v) is 5.38. The summed E-state index contributed by atoms with van der Waals surface area (Å²) in [4.78, 5) is 29.3. The molecule has 0 saturated heterocycles. The summed E-state index contributed by atoms with van der Waals surface area (Å²) in [5, 5.41) is 0. The summed E-state index contributed by atoms with van der Waals surface area (Å²) < 4.78 is 0. The Kier molecular flexibility index (Phi) is 5.64. The van der Waals surface area contributed by atoms with Crippen LogP contribution in [-0.2, 0) is 28.9 Å². The minimum atomic E-state index is -0.0981. The van der Waals surface area contributed by atoms with E-state index in [1.807, 2.05) is 41.3 Å². The summed E-state index contributed by atoms with van der Waals surface area (Å²) in [5.41, 5.74) is 5.27. The number of nitrogens with zero attached hydrogens (tertiary/aromatic N) is 2. The second-order valence-electron chi connectivity index (χ2n) is 7.18. The molecule has 2 aromatic rings. The van der Waals surface area contributed by atoms with E-state index in [4.69, 9.17) is 0 Å². The lowest BCUT2D eigenvalue weighted by Crippen LogP contribution is -2.45. The van der Waals surface area contributed by atoms with Crippen molar-refractivity contribution >= 4 is 23.2 Å². The molecule has 0 spiro atoms. The van der Waals surface area contributed by atoms with E-state index in [0.29, 0.717) is 0 Å². The van der Waals surface area contributed by atoms with Gasteiger partial charge in [0.15, 0.2) is 0 Å². The molecule has 0 fully saturated rings. The van der Waals surface area contributed by atoms with Crippen molar-refractivity contribution in [2.75, 3.05) is 16.3 Å². The molecule has 0 saturated carbocycles. The summed E-state index contributed by atoms with van der Waals surface area (Å²) >= 11 is 0. The Morgan fingerprint density at radius 2 is 1.67 bits per heavy atom. The molecule has 0 aromatic heterocycles. The lowest BCUT2D eigenvalue weighted by molar-refractivity contribution is -0.121. The Morgan fingerprint density at radius 3 is 2.26 bits per heavy atom. The summed E-state index contributed by atoms with van der Waals surface area (Å²) in [6, 6.07) is 14.3. The molecule has 0 bridgehead atoms. The molecule has 2 amide bonds. The van der Waals surface area contributed by atoms with Crippen LogP contribution in [0.3, 0.4) is 0 Å². The lowest BCUT2D eigenvalue weighted by Gasteiger charge is -2.30. The molecule has 1 aliphatic rings. The van der Waals surface area contributed by atoms with E-state index in [0.717, 1.165) is 41.8 Å². The fourth-order valence-corrected chi connectivity index (χ4v) is 4.07. The van der Waals surface area contributed by atoms with Gasteiger partial charge in [-0.1, -0.05) is 50.2 Å². The highest BCUT2D eigenvalue weighted by atomic mass is 16.2. The Labute approximate surface area is 161 Å². The van der Waals surface area contributed by atoms with E-state index in [1.165, 1.54) is 5.56 Å². The van der Waals surface area contributed by atoms with Gasteiger partial charge in [0, 0.05) is 18.7 Å². The third-order valence-electron chi connectivity index (χ3n) is 5.38. The predicted octanol–water partition coefficient (Wildman–Crippen LogP) is 4.14. The van der Waals surface area contributed by atoms with Crippen LogP contribution in [0.15, 0.2) is 42.5 Å². The van der Waals surface area contributed by atoms with Crippen molar-refractivity contribution in [3.05, 3.63) is 59.2 Å². The van der Waals surface area contributed by atoms with Gasteiger partial charge in [-0.15, -0.1) is 0 Å². The molecule has 4 nitrogen and oxygen atoms in total. The molecule has 0 radical (unpaired) electrons. The molecule has 1 heterocycles. The number of carbonyl (C=O) groups is 2. The maximum Gasteiger partial charge on any atom is 0.247 e. The monoisotopic (exact) mass is 364 g/mol. The van der Waals surface area contributed by atoms with Crippen LogP contribution in [-0.4, -0.2) is 24.4 Å². The number of carbonyl (C=O) groups excluding carboxylic acids is 2. The summed E-state index contributed by atoms with van der Waals surface area (Å²) in [7, 11) is 0. The van der Waals surface area contributed by atoms with Gasteiger partial charge >= 0.3 is 0 Å². The molecule has 2 aromatic carbocycles. The quantitative estimate of drug-likeness (QED) is 0.800. The molecular weight excluding hydrogens is 336 g/mol. The summed E-state index contributed by atoms with van der Waals surface area (Å²) in [6.45, 7) is 7.83. The number of rotatable bonds is 5. The van der Waals surface area contributed by atoms with Crippen LogP contribution >= 0.6 is 0 Å². The van der Waals surface area contributed by atoms with Gasteiger partial charge in [0.05, 0.1) is 5.69 Å². The van der Waals surface area contributed by atoms with Crippen LogP contribution < -0.4 is 9.80 Å². The van der Waals surface area contributed by atoms with Gasteiger partial charge in [-0.05, 0) is 48.9 Å². The van der Waals surface area contributed by atoms with Crippen molar-refractivity contribution < 1.29 is 9.59 Å². The normalized spacial score (nSPS) is 15.6. The van der Waals surface area contributed by atoms with Gasteiger partial charge in [-0.2, -0.15) is 0 Å². The van der Waals surface area contributed by atoms with Crippen molar-refractivity contribution in [3.8, 4) is 0 Å². The number of hydrogen-bond donors (Lipinski definition) is 0. The fraction of sp³-hybridized carbons (Fsp3) is 0.391. The van der Waals surface area contributed by atoms with Crippen molar-refractivity contribution in [1.29, 1.82) is 0 Å². The van der Waals surface area contributed by atoms with Crippen molar-refractivity contribution in [2.45, 2.75) is 53.0 Å². The van der Waals surface area contributed by atoms with Gasteiger partial charge in [-0.3, -0.25) is 9.59 Å². The molecule has 1 aliphatic heterocycles. The zero-order valence-electron chi connectivity index (χ0n) is 16.7. The molecule has 0 N–H and O–H groups in total. The average molecular weight is 364 g/mol. The summed E-state index contributed by atoms with van der Waals surface area (Å²) in [5.74, 6) is -0.130. The molecule has 1 atom stereocenters. The SMILES string of the molecule is CCc1cccc(CC)c1N(CC(=O)N1c2ccccc2CC1C)C(C)=O. The smallest absolute Gasteiger partial charge is 0.247 e. The van der Waals surface area contributed by atoms with E-state index < -0.39 is 0 Å². The van der Waals surface area contributed by atoms with Gasteiger partial charge in [-0.25, -0.2) is 0 Å². The number of para-hydroxylation sites is 2. The summed E-state index contributed by atoms with van der Waals surface area (Å²) in [6.07, 6.45) is 2.50. The number of aryl methyl sites for hydroxylation is 2. The second kappa shape index (κ2) is 7.95. The molecule has 27 heavy (non-hydrogen) atoms. The van der Waals surface area contributed by atoms with Gasteiger partial charge in [0.2, 0.25) is 11.8 Å². The Balaban J connectivity index is 1.95. The van der Waals surface area contributed by atoms with Gasteiger partial charge in [0.25, 0.3) is 0 Å². The second-order valence-corrected chi connectivity index (χ2v) is 7.18. The number of amides is 2. The molecule has 3 rings (SSSR count). The number of benzene rings is 2. The molecular formula is C23H28N2O2. The molecule has 4 heteroatoms. The van der Waals surface area contributed by atoms with E-state index in [9.17, 15) is 9.59 Å². The van der Waals surface area contributed by atoms with Crippen molar-refractivity contribution in [1.82, 2.24) is 0 Å². The number of fused-ring (bicyclic) bond motifs is 1. The first kappa shape index (κ1) is 19.2. The standard InChI is InChI=1S/C23H28N2O2/c1-5-18-11-9-12-19(6-2)23(18)24(17(4)26)15-22(27)25-16(3)14-20-10-7-8-13-21(20)25/h7-13,16H,5-6,14-15H2,1-4H3. The highest BCUT2D eigenvalue weighted by Gasteiger charge is 2.32. The van der Waals surface area contributed by atoms with Crippen LogP contribution in [0.1, 0.15) is 44.4 Å². The minimum absolute atomic E-state index is 0.0318. The van der Waals surface area contributed by atoms with E-state index >= 15 is 0 Å². The van der Waals surface area contributed by atoms with E-state index in [2.05, 4.69) is 26.8 Å². The highest BCUT2D eigenvalue weighted by Crippen LogP contribution is 2.33. The predicted molar refractivity (Wildman–Crippen MR) is 110 cm³/mol. The maximum absolute atomic E-state index is 13.2. The first-order valence-electron chi connectivity index (χ1n) is 9.76. The maximum atomic E-state index is 13.2.